The third-order valence-corrected chi connectivity index (χ3v) is 5.28. The van der Waals surface area contributed by atoms with Crippen LogP contribution in [0.15, 0.2) is 66.9 Å². The highest BCUT2D eigenvalue weighted by Crippen LogP contribution is 2.50. The number of hydrogen-bond donors (Lipinski definition) is 0. The van der Waals surface area contributed by atoms with Crippen molar-refractivity contribution in [1.29, 1.82) is 0 Å². The Hall–Kier alpha value is -3.01. The summed E-state index contributed by atoms with van der Waals surface area (Å²) < 4.78 is 10.6. The molecule has 1 heterocycles. The minimum Gasteiger partial charge on any atom is -0.497 e. The molecule has 0 radical (unpaired) electrons. The van der Waals surface area contributed by atoms with Crippen LogP contribution in [0.3, 0.4) is 0 Å². The quantitative estimate of drug-likeness (QED) is 0.523. The zero-order valence-corrected chi connectivity index (χ0v) is 17.0. The van der Waals surface area contributed by atoms with Crippen molar-refractivity contribution in [2.45, 2.75) is 32.6 Å². The summed E-state index contributed by atoms with van der Waals surface area (Å²) in [5.41, 5.74) is 4.61. The van der Waals surface area contributed by atoms with Gasteiger partial charge in [0.1, 0.15) is 11.5 Å². The summed E-state index contributed by atoms with van der Waals surface area (Å²) in [6, 6.07) is 14.0. The van der Waals surface area contributed by atoms with Gasteiger partial charge in [-0.2, -0.15) is 0 Å². The van der Waals surface area contributed by atoms with E-state index in [2.05, 4.69) is 43.5 Å². The standard InChI is InChI=1S/C24H27NO3/c1-6-8-23-24(4,16-18-9-11-19(12-10-18)28-17(3)26)21-15-20(27-5)13-14-22(21)25(23)7-2/h6,8-15H,1,7,16H2,2-5H3/b23-8-. The maximum Gasteiger partial charge on any atom is 0.308 e. The average Bonchev–Trinajstić information content (AvgIpc) is 2.91. The molecule has 2 aromatic rings. The predicted octanol–water partition coefficient (Wildman–Crippen LogP) is 5.03. The molecule has 0 amide bonds. The minimum atomic E-state index is -0.314. The van der Waals surface area contributed by atoms with Gasteiger partial charge in [-0.15, -0.1) is 0 Å². The van der Waals surface area contributed by atoms with E-state index in [1.165, 1.54) is 29.4 Å². The van der Waals surface area contributed by atoms with E-state index in [4.69, 9.17) is 9.47 Å². The molecule has 1 unspecified atom stereocenters. The number of carbonyl (C=O) groups is 1. The summed E-state index contributed by atoms with van der Waals surface area (Å²) in [4.78, 5) is 13.5. The molecule has 146 valence electrons. The van der Waals surface area contributed by atoms with Gasteiger partial charge < -0.3 is 14.4 Å². The number of anilines is 1. The second kappa shape index (κ2) is 7.93. The number of methoxy groups -OCH3 is 1. The molecule has 28 heavy (non-hydrogen) atoms. The number of allylic oxidation sites excluding steroid dienone is 3. The summed E-state index contributed by atoms with van der Waals surface area (Å²) >= 11 is 0. The van der Waals surface area contributed by atoms with E-state index in [-0.39, 0.29) is 11.4 Å². The lowest BCUT2D eigenvalue weighted by Crippen LogP contribution is -2.30. The van der Waals surface area contributed by atoms with Crippen LogP contribution in [-0.4, -0.2) is 19.6 Å². The fraction of sp³-hybridized carbons (Fsp3) is 0.292. The van der Waals surface area contributed by atoms with Gasteiger partial charge in [-0.3, -0.25) is 4.79 Å². The van der Waals surface area contributed by atoms with Crippen LogP contribution in [-0.2, 0) is 16.6 Å². The minimum absolute atomic E-state index is 0.225. The molecule has 4 nitrogen and oxygen atoms in total. The van der Waals surface area contributed by atoms with Crippen LogP contribution in [0, 0.1) is 0 Å². The number of rotatable bonds is 6. The Morgan fingerprint density at radius 2 is 1.86 bits per heavy atom. The second-order valence-electron chi connectivity index (χ2n) is 7.16. The first-order chi connectivity index (χ1) is 13.4. The first-order valence-electron chi connectivity index (χ1n) is 9.49. The van der Waals surface area contributed by atoms with Crippen LogP contribution in [0.5, 0.6) is 11.5 Å². The second-order valence-corrected chi connectivity index (χ2v) is 7.16. The molecule has 0 bridgehead atoms. The molecule has 2 aromatic carbocycles. The highest BCUT2D eigenvalue weighted by atomic mass is 16.5. The molecule has 0 saturated carbocycles. The Kier molecular flexibility index (Phi) is 5.59. The van der Waals surface area contributed by atoms with Crippen LogP contribution in [0.2, 0.25) is 0 Å². The average molecular weight is 377 g/mol. The Balaban J connectivity index is 2.04. The molecule has 3 rings (SSSR count). The maximum atomic E-state index is 11.2. The summed E-state index contributed by atoms with van der Waals surface area (Å²) in [6.45, 7) is 10.6. The number of carbonyl (C=O) groups excluding carboxylic acids is 1. The molecule has 1 aliphatic heterocycles. The SMILES string of the molecule is C=C/C=C1\N(CC)c2ccc(OC)cc2C1(C)Cc1ccc(OC(C)=O)cc1. The number of benzene rings is 2. The molecular formula is C24H27NO3. The lowest BCUT2D eigenvalue weighted by molar-refractivity contribution is -0.131. The van der Waals surface area contributed by atoms with Crippen molar-refractivity contribution in [2.75, 3.05) is 18.6 Å². The summed E-state index contributed by atoms with van der Waals surface area (Å²) in [6.07, 6.45) is 4.76. The van der Waals surface area contributed by atoms with Crippen LogP contribution in [0.1, 0.15) is 31.9 Å². The van der Waals surface area contributed by atoms with Crippen molar-refractivity contribution in [3.05, 3.63) is 78.0 Å². The van der Waals surface area contributed by atoms with E-state index < -0.39 is 0 Å². The largest absolute Gasteiger partial charge is 0.497 e. The predicted molar refractivity (Wildman–Crippen MR) is 113 cm³/mol. The lowest BCUT2D eigenvalue weighted by Gasteiger charge is -2.30. The van der Waals surface area contributed by atoms with Gasteiger partial charge in [-0.1, -0.05) is 24.8 Å². The molecule has 4 heteroatoms. The number of fused-ring (bicyclic) bond motifs is 1. The zero-order valence-electron chi connectivity index (χ0n) is 17.0. The van der Waals surface area contributed by atoms with Gasteiger partial charge in [0.05, 0.1) is 7.11 Å². The topological polar surface area (TPSA) is 38.8 Å². The first kappa shape index (κ1) is 19.7. The monoisotopic (exact) mass is 377 g/mol. The molecule has 0 N–H and O–H groups in total. The highest BCUT2D eigenvalue weighted by Gasteiger charge is 2.43. The Labute approximate surface area is 167 Å². The van der Waals surface area contributed by atoms with Crippen molar-refractivity contribution in [1.82, 2.24) is 0 Å². The summed E-state index contributed by atoms with van der Waals surface area (Å²) in [5, 5.41) is 0. The maximum absolute atomic E-state index is 11.2. The number of esters is 1. The van der Waals surface area contributed by atoms with Crippen molar-refractivity contribution >= 4 is 11.7 Å². The molecular weight excluding hydrogens is 350 g/mol. The fourth-order valence-electron chi connectivity index (χ4n) is 4.05. The summed E-state index contributed by atoms with van der Waals surface area (Å²) in [5.74, 6) is 1.10. The van der Waals surface area contributed by atoms with Crippen LogP contribution in [0.4, 0.5) is 5.69 Å². The summed E-state index contributed by atoms with van der Waals surface area (Å²) in [7, 11) is 1.69. The van der Waals surface area contributed by atoms with Crippen LogP contribution in [0.25, 0.3) is 0 Å². The van der Waals surface area contributed by atoms with E-state index in [9.17, 15) is 4.79 Å². The van der Waals surface area contributed by atoms with E-state index in [0.29, 0.717) is 5.75 Å². The molecule has 0 fully saturated rings. The molecule has 0 aliphatic carbocycles. The molecule has 0 spiro atoms. The number of hydrogen-bond acceptors (Lipinski definition) is 4. The van der Waals surface area contributed by atoms with Gasteiger partial charge in [-0.05, 0) is 67.8 Å². The van der Waals surface area contributed by atoms with Crippen molar-refractivity contribution in [3.8, 4) is 11.5 Å². The number of nitrogens with zero attached hydrogens (tertiary/aromatic N) is 1. The van der Waals surface area contributed by atoms with E-state index in [1.807, 2.05) is 36.4 Å². The fourth-order valence-corrected chi connectivity index (χ4v) is 4.05. The zero-order chi connectivity index (χ0) is 20.3. The van der Waals surface area contributed by atoms with Gasteiger partial charge in [-0.25, -0.2) is 0 Å². The first-order valence-corrected chi connectivity index (χ1v) is 9.49. The third kappa shape index (κ3) is 3.55. The Morgan fingerprint density at radius 1 is 1.18 bits per heavy atom. The van der Waals surface area contributed by atoms with Gasteiger partial charge in [0.2, 0.25) is 0 Å². The van der Waals surface area contributed by atoms with Gasteiger partial charge in [0.25, 0.3) is 0 Å². The van der Waals surface area contributed by atoms with Gasteiger partial charge in [0.15, 0.2) is 0 Å². The number of ether oxygens (including phenoxy) is 2. The smallest absolute Gasteiger partial charge is 0.308 e. The lowest BCUT2D eigenvalue weighted by atomic mass is 9.76. The van der Waals surface area contributed by atoms with Crippen LogP contribution < -0.4 is 14.4 Å². The normalized spacial score (nSPS) is 19.4. The van der Waals surface area contributed by atoms with E-state index in [1.54, 1.807) is 7.11 Å². The highest BCUT2D eigenvalue weighted by molar-refractivity contribution is 5.73. The Morgan fingerprint density at radius 3 is 2.43 bits per heavy atom. The van der Waals surface area contributed by atoms with Gasteiger partial charge >= 0.3 is 5.97 Å². The molecule has 1 aliphatic rings. The Bertz CT molecular complexity index is 914. The van der Waals surface area contributed by atoms with E-state index >= 15 is 0 Å². The van der Waals surface area contributed by atoms with Crippen molar-refractivity contribution in [2.24, 2.45) is 0 Å². The molecule has 0 saturated heterocycles. The third-order valence-electron chi connectivity index (χ3n) is 5.28. The van der Waals surface area contributed by atoms with Crippen molar-refractivity contribution < 1.29 is 14.3 Å². The van der Waals surface area contributed by atoms with E-state index in [0.717, 1.165) is 18.7 Å². The molecule has 0 aromatic heterocycles. The van der Waals surface area contributed by atoms with Gasteiger partial charge in [0, 0.05) is 30.3 Å². The van der Waals surface area contributed by atoms with Crippen molar-refractivity contribution in [3.63, 3.8) is 0 Å². The number of likely N-dealkylation sites (N-methyl/N-ethyl adjacent to an activating group) is 1. The van der Waals surface area contributed by atoms with Crippen LogP contribution >= 0.6 is 0 Å². The molecule has 1 atom stereocenters.